The third kappa shape index (κ3) is 3.32. The Morgan fingerprint density at radius 3 is 2.76 bits per heavy atom. The van der Waals surface area contributed by atoms with Crippen LogP contribution in [0.1, 0.15) is 5.56 Å². The van der Waals surface area contributed by atoms with E-state index in [1.807, 2.05) is 0 Å². The molecule has 1 aromatic heterocycles. The van der Waals surface area contributed by atoms with Gasteiger partial charge in [-0.2, -0.15) is 0 Å². The zero-order valence-electron chi connectivity index (χ0n) is 10.7. The number of benzene rings is 1. The van der Waals surface area contributed by atoms with Crippen molar-refractivity contribution in [1.29, 1.82) is 0 Å². The van der Waals surface area contributed by atoms with Crippen molar-refractivity contribution in [1.82, 2.24) is 9.97 Å². The topological polar surface area (TPSA) is 87.4 Å². The highest BCUT2D eigenvalue weighted by Gasteiger charge is 2.20. The van der Waals surface area contributed by atoms with E-state index in [2.05, 4.69) is 9.97 Å². The summed E-state index contributed by atoms with van der Waals surface area (Å²) in [4.78, 5) is 18.2. The molecular weight excluding hydrogens is 321 g/mol. The lowest BCUT2D eigenvalue weighted by molar-refractivity contribution is -0.385. The van der Waals surface area contributed by atoms with Gasteiger partial charge in [0, 0.05) is 0 Å². The first-order valence-corrected chi connectivity index (χ1v) is 6.53. The maximum Gasteiger partial charge on any atom is 0.315 e. The summed E-state index contributed by atoms with van der Waals surface area (Å²) in [6.07, 6.45) is 1.18. The highest BCUT2D eigenvalue weighted by molar-refractivity contribution is 6.31. The first-order valence-electron chi connectivity index (χ1n) is 5.62. The monoisotopic (exact) mass is 329 g/mol. The Hall–Kier alpha value is -2.12. The van der Waals surface area contributed by atoms with Crippen LogP contribution in [0.3, 0.4) is 0 Å². The minimum atomic E-state index is -0.582. The van der Waals surface area contributed by atoms with Gasteiger partial charge in [-0.1, -0.05) is 11.6 Å². The number of methoxy groups -OCH3 is 1. The second-order valence-electron chi connectivity index (χ2n) is 3.77. The molecular formula is C12H9Cl2N3O4. The van der Waals surface area contributed by atoms with E-state index in [0.717, 1.165) is 0 Å². The second-order valence-corrected chi connectivity index (χ2v) is 4.40. The smallest absolute Gasteiger partial charge is 0.315 e. The zero-order valence-corrected chi connectivity index (χ0v) is 12.3. The van der Waals surface area contributed by atoms with Crippen molar-refractivity contribution < 1.29 is 14.4 Å². The van der Waals surface area contributed by atoms with Crippen LogP contribution in [-0.2, 0) is 5.88 Å². The number of nitrogens with zero attached hydrogens (tertiary/aromatic N) is 3. The molecule has 0 radical (unpaired) electrons. The summed E-state index contributed by atoms with van der Waals surface area (Å²) in [5, 5.41) is 11.2. The van der Waals surface area contributed by atoms with Crippen molar-refractivity contribution in [3.05, 3.63) is 45.4 Å². The van der Waals surface area contributed by atoms with Gasteiger partial charge in [-0.05, 0) is 12.1 Å². The molecule has 0 unspecified atom stereocenters. The summed E-state index contributed by atoms with van der Waals surface area (Å²) < 4.78 is 10.4. The average Bonchev–Trinajstić information content (AvgIpc) is 2.47. The van der Waals surface area contributed by atoms with E-state index in [4.69, 9.17) is 32.7 Å². The van der Waals surface area contributed by atoms with Crippen LogP contribution in [0.15, 0.2) is 24.5 Å². The van der Waals surface area contributed by atoms with Crippen LogP contribution in [0, 0.1) is 10.1 Å². The molecule has 2 rings (SSSR count). The van der Waals surface area contributed by atoms with Gasteiger partial charge in [0.25, 0.3) is 0 Å². The van der Waals surface area contributed by atoms with Crippen LogP contribution in [0.5, 0.6) is 17.4 Å². The number of halogens is 2. The Morgan fingerprint density at radius 1 is 1.38 bits per heavy atom. The molecule has 1 aromatic carbocycles. The normalized spacial score (nSPS) is 10.2. The molecule has 0 amide bonds. The molecule has 0 bridgehead atoms. The van der Waals surface area contributed by atoms with Crippen LogP contribution in [0.2, 0.25) is 5.15 Å². The van der Waals surface area contributed by atoms with Gasteiger partial charge in [0.1, 0.15) is 17.2 Å². The van der Waals surface area contributed by atoms with Gasteiger partial charge in [0.15, 0.2) is 0 Å². The molecule has 0 aliphatic carbocycles. The number of nitro groups is 1. The van der Waals surface area contributed by atoms with Gasteiger partial charge >= 0.3 is 5.69 Å². The Labute approximate surface area is 129 Å². The molecule has 0 N–H and O–H groups in total. The number of hydrogen-bond acceptors (Lipinski definition) is 6. The van der Waals surface area contributed by atoms with Crippen LogP contribution >= 0.6 is 23.2 Å². The molecule has 9 heteroatoms. The summed E-state index contributed by atoms with van der Waals surface area (Å²) in [7, 11) is 1.41. The van der Waals surface area contributed by atoms with Gasteiger partial charge in [-0.3, -0.25) is 10.1 Å². The predicted molar refractivity (Wildman–Crippen MR) is 76.3 cm³/mol. The fourth-order valence-electron chi connectivity index (χ4n) is 1.53. The van der Waals surface area contributed by atoms with Crippen LogP contribution in [0.4, 0.5) is 5.69 Å². The van der Waals surface area contributed by atoms with Crippen molar-refractivity contribution in [2.75, 3.05) is 7.11 Å². The Bertz CT molecular complexity index is 682. The molecule has 0 saturated heterocycles. The van der Waals surface area contributed by atoms with Crippen molar-refractivity contribution >= 4 is 28.9 Å². The molecule has 0 spiro atoms. The van der Waals surface area contributed by atoms with E-state index in [-0.39, 0.29) is 28.3 Å². The maximum atomic E-state index is 11.1. The van der Waals surface area contributed by atoms with Crippen LogP contribution in [0.25, 0.3) is 0 Å². The minimum absolute atomic E-state index is 0.00179. The number of alkyl halides is 1. The van der Waals surface area contributed by atoms with Gasteiger partial charge in [-0.15, -0.1) is 11.6 Å². The zero-order chi connectivity index (χ0) is 15.4. The highest BCUT2D eigenvalue weighted by Crippen LogP contribution is 2.36. The van der Waals surface area contributed by atoms with Gasteiger partial charge in [0.05, 0.1) is 29.5 Å². The van der Waals surface area contributed by atoms with Crippen LogP contribution < -0.4 is 9.47 Å². The average molecular weight is 330 g/mol. The third-order valence-corrected chi connectivity index (χ3v) is 3.15. The summed E-state index contributed by atoms with van der Waals surface area (Å²) >= 11 is 11.6. The number of aromatic nitrogens is 2. The van der Waals surface area contributed by atoms with E-state index < -0.39 is 4.92 Å². The lowest BCUT2D eigenvalue weighted by Crippen LogP contribution is -1.99. The van der Waals surface area contributed by atoms with Crippen molar-refractivity contribution in [3.8, 4) is 17.4 Å². The molecule has 21 heavy (non-hydrogen) atoms. The Kier molecular flexibility index (Phi) is 4.77. The maximum absolute atomic E-state index is 11.1. The Morgan fingerprint density at radius 2 is 2.14 bits per heavy atom. The molecule has 7 nitrogen and oxygen atoms in total. The second kappa shape index (κ2) is 6.55. The first-order chi connectivity index (χ1) is 10.1. The van der Waals surface area contributed by atoms with Gasteiger partial charge in [-0.25, -0.2) is 9.97 Å². The Balaban J connectivity index is 2.44. The van der Waals surface area contributed by atoms with Gasteiger partial charge < -0.3 is 9.47 Å². The fourth-order valence-corrected chi connectivity index (χ4v) is 2.03. The molecule has 1 heterocycles. The molecule has 0 saturated carbocycles. The molecule has 0 aliphatic rings. The highest BCUT2D eigenvalue weighted by atomic mass is 35.5. The minimum Gasteiger partial charge on any atom is -0.496 e. The molecule has 0 aliphatic heterocycles. The van der Waals surface area contributed by atoms with E-state index in [9.17, 15) is 10.1 Å². The molecule has 0 fully saturated rings. The summed E-state index contributed by atoms with van der Waals surface area (Å²) in [5.74, 6) is 0.423. The van der Waals surface area contributed by atoms with E-state index in [0.29, 0.717) is 11.3 Å². The van der Waals surface area contributed by atoms with Gasteiger partial charge in [0.2, 0.25) is 11.6 Å². The van der Waals surface area contributed by atoms with E-state index in [1.165, 1.54) is 31.6 Å². The van der Waals surface area contributed by atoms with Crippen molar-refractivity contribution in [3.63, 3.8) is 0 Å². The third-order valence-electron chi connectivity index (χ3n) is 2.56. The predicted octanol–water partition coefficient (Wildman–Crippen LogP) is 3.58. The largest absolute Gasteiger partial charge is 0.496 e. The molecule has 110 valence electrons. The molecule has 0 atom stereocenters. The number of rotatable bonds is 5. The lowest BCUT2D eigenvalue weighted by Gasteiger charge is -2.09. The SMILES string of the molecule is COc1ccc(Oc2ncnc(Cl)c2CCl)c([N+](=O)[O-])c1. The van der Waals surface area contributed by atoms with E-state index in [1.54, 1.807) is 0 Å². The lowest BCUT2D eigenvalue weighted by atomic mass is 10.2. The summed E-state index contributed by atoms with van der Waals surface area (Å²) in [6.45, 7) is 0. The molecule has 2 aromatic rings. The van der Waals surface area contributed by atoms with E-state index >= 15 is 0 Å². The number of ether oxygens (including phenoxy) is 2. The van der Waals surface area contributed by atoms with Crippen LogP contribution in [-0.4, -0.2) is 22.0 Å². The summed E-state index contributed by atoms with van der Waals surface area (Å²) in [6, 6.07) is 4.19. The quantitative estimate of drug-likeness (QED) is 0.360. The standard InChI is InChI=1S/C12H9Cl2N3O4/c1-20-7-2-3-10(9(4-7)17(18)19)21-12-8(5-13)11(14)15-6-16-12/h2-4,6H,5H2,1H3. The van der Waals surface area contributed by atoms with Crippen molar-refractivity contribution in [2.24, 2.45) is 0 Å². The summed E-state index contributed by atoms with van der Waals surface area (Å²) in [5.41, 5.74) is 0.0931. The number of hydrogen-bond donors (Lipinski definition) is 0. The van der Waals surface area contributed by atoms with Crippen molar-refractivity contribution in [2.45, 2.75) is 5.88 Å². The fraction of sp³-hybridized carbons (Fsp3) is 0.167. The number of nitro benzene ring substituents is 1. The first kappa shape index (κ1) is 15.3.